The van der Waals surface area contributed by atoms with Gasteiger partial charge in [0.05, 0.1) is 6.10 Å². The number of hydrogen-bond acceptors (Lipinski definition) is 3. The van der Waals surface area contributed by atoms with Crippen LogP contribution in [0.1, 0.15) is 44.2 Å². The first kappa shape index (κ1) is 16.1. The van der Waals surface area contributed by atoms with E-state index in [-0.39, 0.29) is 6.10 Å². The zero-order valence-corrected chi connectivity index (χ0v) is 14.1. The Bertz CT molecular complexity index is 517. The van der Waals surface area contributed by atoms with Crippen molar-refractivity contribution in [3.8, 4) is 5.75 Å². The maximum absolute atomic E-state index is 5.67. The Labute approximate surface area is 132 Å². The van der Waals surface area contributed by atoms with Crippen LogP contribution in [0.25, 0.3) is 0 Å². The minimum atomic E-state index is 0.220. The van der Waals surface area contributed by atoms with E-state index < -0.39 is 0 Å². The van der Waals surface area contributed by atoms with Gasteiger partial charge in [0.1, 0.15) is 5.75 Å². The third kappa shape index (κ3) is 4.87. The van der Waals surface area contributed by atoms with E-state index in [0.29, 0.717) is 12.0 Å². The second kappa shape index (κ2) is 7.62. The largest absolute Gasteiger partial charge is 0.491 e. The lowest BCUT2D eigenvalue weighted by molar-refractivity contribution is 0.242. The smallest absolute Gasteiger partial charge is 0.119 e. The maximum atomic E-state index is 5.67. The second-order valence-corrected chi connectivity index (χ2v) is 6.91. The van der Waals surface area contributed by atoms with E-state index in [4.69, 9.17) is 4.74 Å². The van der Waals surface area contributed by atoms with E-state index in [9.17, 15) is 0 Å². The molecule has 21 heavy (non-hydrogen) atoms. The molecule has 0 radical (unpaired) electrons. The van der Waals surface area contributed by atoms with Gasteiger partial charge in [-0.15, -0.1) is 11.3 Å². The summed E-state index contributed by atoms with van der Waals surface area (Å²) >= 11 is 1.82. The molecule has 0 amide bonds. The minimum Gasteiger partial charge on any atom is -0.491 e. The Hall–Kier alpha value is -1.32. The Morgan fingerprint density at radius 1 is 1.05 bits per heavy atom. The molecule has 0 aliphatic heterocycles. The van der Waals surface area contributed by atoms with Gasteiger partial charge in [0, 0.05) is 17.5 Å². The summed E-state index contributed by atoms with van der Waals surface area (Å²) < 4.78 is 5.67. The normalized spacial score (nSPS) is 12.9. The summed E-state index contributed by atoms with van der Waals surface area (Å²) in [5.41, 5.74) is 1.29. The number of hydrogen-bond donors (Lipinski definition) is 1. The van der Waals surface area contributed by atoms with Gasteiger partial charge in [-0.2, -0.15) is 0 Å². The van der Waals surface area contributed by atoms with Gasteiger partial charge >= 0.3 is 0 Å². The van der Waals surface area contributed by atoms with Crippen molar-refractivity contribution < 1.29 is 4.74 Å². The third-order valence-electron chi connectivity index (χ3n) is 3.34. The minimum absolute atomic E-state index is 0.220. The highest BCUT2D eigenvalue weighted by molar-refractivity contribution is 7.10. The molecular formula is C18H25NOS. The second-order valence-electron chi connectivity index (χ2n) is 5.93. The zero-order chi connectivity index (χ0) is 15.2. The Morgan fingerprint density at radius 2 is 1.76 bits per heavy atom. The first-order valence-electron chi connectivity index (χ1n) is 7.58. The molecule has 3 heteroatoms. The summed E-state index contributed by atoms with van der Waals surface area (Å²) in [4.78, 5) is 1.41. The van der Waals surface area contributed by atoms with Crippen molar-refractivity contribution in [2.75, 3.05) is 0 Å². The fourth-order valence-electron chi connectivity index (χ4n) is 2.32. The molecule has 114 valence electrons. The quantitative estimate of drug-likeness (QED) is 0.775. The lowest BCUT2D eigenvalue weighted by Gasteiger charge is -2.21. The molecule has 1 N–H and O–H groups in total. The summed E-state index contributed by atoms with van der Waals surface area (Å²) in [6.45, 7) is 9.49. The molecule has 0 aliphatic rings. The van der Waals surface area contributed by atoms with E-state index in [1.54, 1.807) is 0 Å². The molecule has 0 fully saturated rings. The molecule has 1 aromatic heterocycles. The van der Waals surface area contributed by atoms with Crippen LogP contribution in [0.5, 0.6) is 5.75 Å². The number of thiophene rings is 1. The van der Waals surface area contributed by atoms with Crippen LogP contribution in [-0.2, 0) is 6.54 Å². The van der Waals surface area contributed by atoms with Gasteiger partial charge in [-0.25, -0.2) is 0 Å². The molecule has 0 spiro atoms. The fraction of sp³-hybridized carbons (Fsp3) is 0.444. The number of ether oxygens (including phenoxy) is 1. The maximum Gasteiger partial charge on any atom is 0.119 e. The molecule has 1 unspecified atom stereocenters. The molecule has 1 aromatic carbocycles. The highest BCUT2D eigenvalue weighted by atomic mass is 32.1. The van der Waals surface area contributed by atoms with E-state index in [2.05, 4.69) is 48.8 Å². The summed E-state index contributed by atoms with van der Waals surface area (Å²) in [5.74, 6) is 1.51. The molecule has 2 aromatic rings. The van der Waals surface area contributed by atoms with E-state index in [0.717, 1.165) is 12.3 Å². The molecule has 0 aliphatic carbocycles. The van der Waals surface area contributed by atoms with Gasteiger partial charge in [0.2, 0.25) is 0 Å². The fourth-order valence-corrected chi connectivity index (χ4v) is 3.29. The van der Waals surface area contributed by atoms with Crippen LogP contribution in [0.4, 0.5) is 0 Å². The van der Waals surface area contributed by atoms with Crippen LogP contribution in [0, 0.1) is 5.92 Å². The average molecular weight is 303 g/mol. The number of benzene rings is 1. The van der Waals surface area contributed by atoms with Crippen LogP contribution in [0.2, 0.25) is 0 Å². The Balaban J connectivity index is 1.95. The predicted molar refractivity (Wildman–Crippen MR) is 90.9 cm³/mol. The van der Waals surface area contributed by atoms with Crippen molar-refractivity contribution >= 4 is 11.3 Å². The molecule has 2 rings (SSSR count). The van der Waals surface area contributed by atoms with Crippen LogP contribution in [0.3, 0.4) is 0 Å². The summed E-state index contributed by atoms with van der Waals surface area (Å²) in [6, 6.07) is 13.1. The summed E-state index contributed by atoms with van der Waals surface area (Å²) in [5, 5.41) is 5.81. The first-order valence-corrected chi connectivity index (χ1v) is 8.46. The molecule has 1 atom stereocenters. The lowest BCUT2D eigenvalue weighted by Crippen LogP contribution is -2.24. The number of rotatable bonds is 7. The average Bonchev–Trinajstić information content (AvgIpc) is 2.94. The zero-order valence-electron chi connectivity index (χ0n) is 13.3. The van der Waals surface area contributed by atoms with E-state index >= 15 is 0 Å². The summed E-state index contributed by atoms with van der Waals surface area (Å²) in [7, 11) is 0. The van der Waals surface area contributed by atoms with Crippen molar-refractivity contribution in [3.05, 3.63) is 52.2 Å². The third-order valence-corrected chi connectivity index (χ3v) is 4.29. The molecule has 2 nitrogen and oxygen atoms in total. The first-order chi connectivity index (χ1) is 10.1. The van der Waals surface area contributed by atoms with Crippen molar-refractivity contribution in [3.63, 3.8) is 0 Å². The number of nitrogens with one attached hydrogen (secondary N) is 1. The van der Waals surface area contributed by atoms with Gasteiger partial charge < -0.3 is 10.1 Å². The summed E-state index contributed by atoms with van der Waals surface area (Å²) in [6.07, 6.45) is 0.220. The van der Waals surface area contributed by atoms with E-state index in [1.807, 2.05) is 37.3 Å². The predicted octanol–water partition coefficient (Wildman–Crippen LogP) is 5.02. The van der Waals surface area contributed by atoms with Crippen LogP contribution < -0.4 is 10.1 Å². The molecule has 1 heterocycles. The van der Waals surface area contributed by atoms with Gasteiger partial charge in [0.15, 0.2) is 0 Å². The van der Waals surface area contributed by atoms with Gasteiger partial charge in [0.25, 0.3) is 0 Å². The van der Waals surface area contributed by atoms with Crippen molar-refractivity contribution in [1.82, 2.24) is 5.32 Å². The van der Waals surface area contributed by atoms with Gasteiger partial charge in [-0.1, -0.05) is 32.0 Å². The van der Waals surface area contributed by atoms with Gasteiger partial charge in [-0.3, -0.25) is 0 Å². The van der Waals surface area contributed by atoms with Crippen LogP contribution in [0.15, 0.2) is 41.8 Å². The van der Waals surface area contributed by atoms with Crippen molar-refractivity contribution in [2.45, 2.75) is 46.4 Å². The van der Waals surface area contributed by atoms with Crippen molar-refractivity contribution in [1.29, 1.82) is 0 Å². The van der Waals surface area contributed by atoms with E-state index in [1.165, 1.54) is 10.4 Å². The molecular weight excluding hydrogens is 278 g/mol. The molecule has 0 bridgehead atoms. The Kier molecular flexibility index (Phi) is 5.83. The van der Waals surface area contributed by atoms with Gasteiger partial charge in [-0.05, 0) is 48.9 Å². The standard InChI is InChI=1S/C18H25NOS/c1-13(2)18(17-6-5-11-21-17)19-12-15-7-9-16(10-8-15)20-14(3)4/h5-11,13-14,18-19H,12H2,1-4H3. The SMILES string of the molecule is CC(C)Oc1ccc(CNC(c2cccs2)C(C)C)cc1. The molecule has 0 saturated heterocycles. The monoisotopic (exact) mass is 303 g/mol. The van der Waals surface area contributed by atoms with Crippen LogP contribution in [-0.4, -0.2) is 6.10 Å². The molecule has 0 saturated carbocycles. The lowest BCUT2D eigenvalue weighted by atomic mass is 10.0. The topological polar surface area (TPSA) is 21.3 Å². The Morgan fingerprint density at radius 3 is 2.29 bits per heavy atom. The highest BCUT2D eigenvalue weighted by Gasteiger charge is 2.15. The van der Waals surface area contributed by atoms with Crippen LogP contribution >= 0.6 is 11.3 Å². The highest BCUT2D eigenvalue weighted by Crippen LogP contribution is 2.26. The van der Waals surface area contributed by atoms with Crippen molar-refractivity contribution in [2.24, 2.45) is 5.92 Å².